The van der Waals surface area contributed by atoms with Gasteiger partial charge in [0, 0.05) is 24.2 Å². The van der Waals surface area contributed by atoms with Crippen LogP contribution in [0.5, 0.6) is 0 Å². The molecular weight excluding hydrogens is 302 g/mol. The van der Waals surface area contributed by atoms with Crippen molar-refractivity contribution in [1.82, 2.24) is 10.6 Å². The lowest BCUT2D eigenvalue weighted by atomic mass is 10.2. The Bertz CT molecular complexity index is 645. The summed E-state index contributed by atoms with van der Waals surface area (Å²) in [5.74, 6) is -1.90. The minimum absolute atomic E-state index is 0.00605. The Kier molecular flexibility index (Phi) is 5.80. The molecule has 0 unspecified atom stereocenters. The van der Waals surface area contributed by atoms with Gasteiger partial charge in [-0.3, -0.25) is 9.59 Å². The van der Waals surface area contributed by atoms with Gasteiger partial charge in [0.1, 0.15) is 18.1 Å². The molecule has 0 heterocycles. The summed E-state index contributed by atoms with van der Waals surface area (Å²) in [6.07, 6.45) is -0.400. The van der Waals surface area contributed by atoms with E-state index in [0.29, 0.717) is 11.1 Å². The average molecular weight is 318 g/mol. The van der Waals surface area contributed by atoms with Gasteiger partial charge in [0.15, 0.2) is 0 Å². The van der Waals surface area contributed by atoms with Crippen molar-refractivity contribution in [1.29, 1.82) is 0 Å². The first-order valence-corrected chi connectivity index (χ1v) is 7.06. The van der Waals surface area contributed by atoms with Crippen molar-refractivity contribution in [2.45, 2.75) is 19.5 Å². The molecule has 0 saturated carbocycles. The predicted molar refractivity (Wildman–Crippen MR) is 81.1 cm³/mol. The Morgan fingerprint density at radius 3 is 1.52 bits per heavy atom. The minimum Gasteiger partial charge on any atom is -0.351 e. The van der Waals surface area contributed by atoms with Crippen molar-refractivity contribution in [3.8, 4) is 0 Å². The number of carbonyl (C=O) groups is 2. The molecule has 0 atom stereocenters. The van der Waals surface area contributed by atoms with Crippen LogP contribution in [0.2, 0.25) is 0 Å². The van der Waals surface area contributed by atoms with Gasteiger partial charge < -0.3 is 10.6 Å². The molecule has 0 saturated heterocycles. The highest BCUT2D eigenvalue weighted by molar-refractivity contribution is 5.96. The van der Waals surface area contributed by atoms with Crippen LogP contribution in [0.3, 0.4) is 0 Å². The molecule has 2 rings (SSSR count). The second-order valence-electron chi connectivity index (χ2n) is 4.91. The molecule has 0 fully saturated rings. The molecule has 2 aromatic carbocycles. The SMILES string of the molecule is O=C(CC(=O)NCc1ccccc1F)NCc1ccccc1F. The number of halogens is 2. The van der Waals surface area contributed by atoms with Gasteiger partial charge in [-0.15, -0.1) is 0 Å². The third-order valence-electron chi connectivity index (χ3n) is 3.19. The standard InChI is InChI=1S/C17H16F2N2O2/c18-14-7-3-1-5-12(14)10-20-16(22)9-17(23)21-11-13-6-2-4-8-15(13)19/h1-8H,9-11H2,(H,20,22)(H,21,23). The van der Waals surface area contributed by atoms with Crippen molar-refractivity contribution in [2.24, 2.45) is 0 Å². The molecule has 2 N–H and O–H groups in total. The number of benzene rings is 2. The molecule has 0 radical (unpaired) electrons. The maximum Gasteiger partial charge on any atom is 0.229 e. The molecule has 0 aliphatic rings. The first-order chi connectivity index (χ1) is 11.1. The maximum absolute atomic E-state index is 13.4. The molecule has 0 bridgehead atoms. The van der Waals surface area contributed by atoms with Crippen molar-refractivity contribution in [2.75, 3.05) is 0 Å². The Morgan fingerprint density at radius 1 is 0.739 bits per heavy atom. The van der Waals surface area contributed by atoms with Crippen molar-refractivity contribution >= 4 is 11.8 Å². The number of nitrogens with one attached hydrogen (secondary N) is 2. The van der Waals surface area contributed by atoms with E-state index in [2.05, 4.69) is 10.6 Å². The van der Waals surface area contributed by atoms with Gasteiger partial charge in [-0.25, -0.2) is 8.78 Å². The summed E-state index contributed by atoms with van der Waals surface area (Å²) in [6.45, 7) is 0.0121. The van der Waals surface area contributed by atoms with Crippen LogP contribution < -0.4 is 10.6 Å². The Morgan fingerprint density at radius 2 is 1.13 bits per heavy atom. The van der Waals surface area contributed by atoms with E-state index < -0.39 is 29.9 Å². The smallest absolute Gasteiger partial charge is 0.229 e. The summed E-state index contributed by atoms with van der Waals surface area (Å²) in [5.41, 5.74) is 0.681. The maximum atomic E-state index is 13.4. The summed E-state index contributed by atoms with van der Waals surface area (Å²) in [5, 5.41) is 4.93. The topological polar surface area (TPSA) is 58.2 Å². The number of carbonyl (C=O) groups excluding carboxylic acids is 2. The average Bonchev–Trinajstić information content (AvgIpc) is 2.53. The van der Waals surface area contributed by atoms with Crippen LogP contribution in [0.25, 0.3) is 0 Å². The summed E-state index contributed by atoms with van der Waals surface area (Å²) >= 11 is 0. The highest BCUT2D eigenvalue weighted by Gasteiger charge is 2.10. The monoisotopic (exact) mass is 318 g/mol. The van der Waals surface area contributed by atoms with Crippen LogP contribution in [0.4, 0.5) is 8.78 Å². The molecule has 2 aromatic rings. The van der Waals surface area contributed by atoms with E-state index in [4.69, 9.17) is 0 Å². The van der Waals surface area contributed by atoms with E-state index in [1.165, 1.54) is 12.1 Å². The van der Waals surface area contributed by atoms with Gasteiger partial charge >= 0.3 is 0 Å². The number of amides is 2. The van der Waals surface area contributed by atoms with Crippen molar-refractivity contribution in [3.63, 3.8) is 0 Å². The fraction of sp³-hybridized carbons (Fsp3) is 0.176. The number of rotatable bonds is 6. The lowest BCUT2D eigenvalue weighted by molar-refractivity contribution is -0.129. The lowest BCUT2D eigenvalue weighted by Gasteiger charge is -2.08. The molecule has 0 aliphatic heterocycles. The zero-order chi connectivity index (χ0) is 16.7. The van der Waals surface area contributed by atoms with Gasteiger partial charge in [0.25, 0.3) is 0 Å². The fourth-order valence-electron chi connectivity index (χ4n) is 1.94. The quantitative estimate of drug-likeness (QED) is 0.803. The van der Waals surface area contributed by atoms with E-state index >= 15 is 0 Å². The Balaban J connectivity index is 1.76. The molecule has 0 aromatic heterocycles. The van der Waals surface area contributed by atoms with Gasteiger partial charge in [-0.1, -0.05) is 36.4 Å². The molecule has 0 aliphatic carbocycles. The summed E-state index contributed by atoms with van der Waals surface area (Å²) < 4.78 is 26.8. The molecule has 23 heavy (non-hydrogen) atoms. The molecule has 0 spiro atoms. The van der Waals surface area contributed by atoms with Crippen molar-refractivity contribution in [3.05, 3.63) is 71.3 Å². The number of hydrogen-bond acceptors (Lipinski definition) is 2. The fourth-order valence-corrected chi connectivity index (χ4v) is 1.94. The van der Waals surface area contributed by atoms with E-state index in [0.717, 1.165) is 0 Å². The second-order valence-corrected chi connectivity index (χ2v) is 4.91. The zero-order valence-electron chi connectivity index (χ0n) is 12.3. The van der Waals surface area contributed by atoms with Crippen LogP contribution in [0.1, 0.15) is 17.5 Å². The summed E-state index contributed by atoms with van der Waals surface area (Å²) in [6, 6.07) is 12.1. The molecule has 4 nitrogen and oxygen atoms in total. The predicted octanol–water partition coefficient (Wildman–Crippen LogP) is 2.29. The zero-order valence-corrected chi connectivity index (χ0v) is 12.3. The molecule has 6 heteroatoms. The van der Waals surface area contributed by atoms with Crippen LogP contribution in [0, 0.1) is 11.6 Å². The Hall–Kier alpha value is -2.76. The van der Waals surface area contributed by atoms with E-state index in [-0.39, 0.29) is 13.1 Å². The van der Waals surface area contributed by atoms with E-state index in [9.17, 15) is 18.4 Å². The number of hydrogen-bond donors (Lipinski definition) is 2. The molecular formula is C17H16F2N2O2. The third-order valence-corrected chi connectivity index (χ3v) is 3.19. The third kappa shape index (κ3) is 5.18. The summed E-state index contributed by atoms with van der Waals surface area (Å²) in [4.78, 5) is 23.3. The van der Waals surface area contributed by atoms with Gasteiger partial charge in [-0.05, 0) is 12.1 Å². The minimum atomic E-state index is -0.528. The van der Waals surface area contributed by atoms with Gasteiger partial charge in [-0.2, -0.15) is 0 Å². The largest absolute Gasteiger partial charge is 0.351 e. The van der Waals surface area contributed by atoms with Crippen LogP contribution in [0.15, 0.2) is 48.5 Å². The highest BCUT2D eigenvalue weighted by atomic mass is 19.1. The van der Waals surface area contributed by atoms with Crippen LogP contribution in [-0.2, 0) is 22.7 Å². The Labute approximate surface area is 132 Å². The van der Waals surface area contributed by atoms with Crippen molar-refractivity contribution < 1.29 is 18.4 Å². The first-order valence-electron chi connectivity index (χ1n) is 7.06. The highest BCUT2D eigenvalue weighted by Crippen LogP contribution is 2.06. The normalized spacial score (nSPS) is 10.2. The van der Waals surface area contributed by atoms with E-state index in [1.807, 2.05) is 0 Å². The lowest BCUT2D eigenvalue weighted by Crippen LogP contribution is -2.31. The molecule has 2 amide bonds. The second kappa shape index (κ2) is 8.03. The van der Waals surface area contributed by atoms with Gasteiger partial charge in [0.05, 0.1) is 0 Å². The van der Waals surface area contributed by atoms with E-state index in [1.54, 1.807) is 36.4 Å². The van der Waals surface area contributed by atoms with Crippen LogP contribution >= 0.6 is 0 Å². The van der Waals surface area contributed by atoms with Crippen LogP contribution in [-0.4, -0.2) is 11.8 Å². The summed E-state index contributed by atoms with van der Waals surface area (Å²) in [7, 11) is 0. The van der Waals surface area contributed by atoms with Gasteiger partial charge in [0.2, 0.25) is 11.8 Å². The first kappa shape index (κ1) is 16.6. The molecule has 120 valence electrons.